The normalized spacial score (nSPS) is 10.6. The van der Waals surface area contributed by atoms with E-state index in [4.69, 9.17) is 16.3 Å². The van der Waals surface area contributed by atoms with Crippen molar-refractivity contribution in [2.45, 2.75) is 0 Å². The van der Waals surface area contributed by atoms with Gasteiger partial charge in [0.25, 0.3) is 5.91 Å². The van der Waals surface area contributed by atoms with Crippen molar-refractivity contribution >= 4 is 67.5 Å². The van der Waals surface area contributed by atoms with Crippen molar-refractivity contribution in [1.29, 1.82) is 0 Å². The van der Waals surface area contributed by atoms with Gasteiger partial charge in [-0.15, -0.1) is 0 Å². The summed E-state index contributed by atoms with van der Waals surface area (Å²) in [7, 11) is 1.47. The minimum atomic E-state index is -0.976. The molecule has 8 nitrogen and oxygen atoms in total. The number of nitrogens with zero attached hydrogens (tertiary/aromatic N) is 1. The van der Waals surface area contributed by atoms with Gasteiger partial charge in [-0.3, -0.25) is 19.8 Å². The number of fused-ring (bicyclic) bond motifs is 1. The third-order valence-electron chi connectivity index (χ3n) is 4.86. The van der Waals surface area contributed by atoms with E-state index < -0.39 is 17.7 Å². The molecule has 0 spiro atoms. The third-order valence-corrected chi connectivity index (χ3v) is 5.64. The van der Waals surface area contributed by atoms with Gasteiger partial charge in [-0.1, -0.05) is 39.7 Å². The standard InChI is InChI=1S/C24H18BrClN4O4/c1-34-20-4-2-3-14-13-19(22(31)27-17-9-5-15(25)6-10-17)30(21(14)20)29-24(33)23(32)28-18-11-7-16(26)8-12-18/h2-13H,1H3,(H,27,31)(H,28,32)(H,29,33). The first-order chi connectivity index (χ1) is 16.4. The van der Waals surface area contributed by atoms with Crippen LogP contribution < -0.4 is 20.8 Å². The summed E-state index contributed by atoms with van der Waals surface area (Å²) in [5.74, 6) is -1.97. The highest BCUT2D eigenvalue weighted by Crippen LogP contribution is 2.28. The fourth-order valence-corrected chi connectivity index (χ4v) is 3.67. The van der Waals surface area contributed by atoms with Crippen LogP contribution in [0, 0.1) is 0 Å². The zero-order valence-corrected chi connectivity index (χ0v) is 20.1. The molecule has 0 atom stereocenters. The monoisotopic (exact) mass is 540 g/mol. The van der Waals surface area contributed by atoms with Crippen molar-refractivity contribution in [3.8, 4) is 5.75 Å². The summed E-state index contributed by atoms with van der Waals surface area (Å²) in [6.45, 7) is 0. The Morgan fingerprint density at radius 3 is 2.21 bits per heavy atom. The quantitative estimate of drug-likeness (QED) is 0.309. The Bertz CT molecular complexity index is 1380. The van der Waals surface area contributed by atoms with Gasteiger partial charge in [0.1, 0.15) is 17.0 Å². The maximum Gasteiger partial charge on any atom is 0.328 e. The lowest BCUT2D eigenvalue weighted by atomic mass is 10.2. The van der Waals surface area contributed by atoms with Crippen molar-refractivity contribution in [2.75, 3.05) is 23.2 Å². The van der Waals surface area contributed by atoms with Crippen LogP contribution in [0.25, 0.3) is 10.9 Å². The highest BCUT2D eigenvalue weighted by Gasteiger charge is 2.23. The molecule has 1 aromatic heterocycles. The average molecular weight is 542 g/mol. The van der Waals surface area contributed by atoms with Crippen molar-refractivity contribution in [1.82, 2.24) is 4.68 Å². The molecule has 0 saturated heterocycles. The van der Waals surface area contributed by atoms with E-state index in [0.29, 0.717) is 33.0 Å². The van der Waals surface area contributed by atoms with Crippen molar-refractivity contribution in [3.05, 3.63) is 88.0 Å². The van der Waals surface area contributed by atoms with Crippen LogP contribution in [0.15, 0.2) is 77.3 Å². The van der Waals surface area contributed by atoms with Gasteiger partial charge < -0.3 is 15.4 Å². The van der Waals surface area contributed by atoms with Gasteiger partial charge in [0.05, 0.1) is 7.11 Å². The molecular formula is C24H18BrClN4O4. The van der Waals surface area contributed by atoms with Crippen LogP contribution in [0.2, 0.25) is 5.02 Å². The van der Waals surface area contributed by atoms with E-state index in [0.717, 1.165) is 4.47 Å². The molecule has 0 radical (unpaired) electrons. The van der Waals surface area contributed by atoms with E-state index >= 15 is 0 Å². The van der Waals surface area contributed by atoms with E-state index in [9.17, 15) is 14.4 Å². The first-order valence-electron chi connectivity index (χ1n) is 9.99. The minimum Gasteiger partial charge on any atom is -0.494 e. The van der Waals surface area contributed by atoms with Gasteiger partial charge in [0, 0.05) is 26.3 Å². The number of anilines is 2. The number of carbonyl (C=O) groups excluding carboxylic acids is 3. The molecular weight excluding hydrogens is 524 g/mol. The number of rotatable bonds is 5. The Hall–Kier alpha value is -3.82. The molecule has 4 aromatic rings. The molecule has 0 aliphatic heterocycles. The van der Waals surface area contributed by atoms with E-state index in [1.807, 2.05) is 0 Å². The van der Waals surface area contributed by atoms with Gasteiger partial charge in [-0.25, -0.2) is 4.68 Å². The molecule has 0 unspecified atom stereocenters. The number of hydrogen-bond donors (Lipinski definition) is 3. The summed E-state index contributed by atoms with van der Waals surface area (Å²) in [5, 5.41) is 6.41. The first kappa shape index (κ1) is 23.3. The van der Waals surface area contributed by atoms with Crippen molar-refractivity contribution < 1.29 is 19.1 Å². The fraction of sp³-hybridized carbons (Fsp3) is 0.0417. The molecule has 0 aliphatic carbocycles. The smallest absolute Gasteiger partial charge is 0.328 e. The first-order valence-corrected chi connectivity index (χ1v) is 11.2. The summed E-state index contributed by atoms with van der Waals surface area (Å²) in [6, 6.07) is 20.2. The maximum absolute atomic E-state index is 13.1. The predicted octanol–water partition coefficient (Wildman–Crippen LogP) is 5.03. The number of hydrogen-bond acceptors (Lipinski definition) is 4. The largest absolute Gasteiger partial charge is 0.494 e. The topological polar surface area (TPSA) is 101 Å². The molecule has 3 amide bonds. The van der Waals surface area contributed by atoms with Crippen LogP contribution in [0.5, 0.6) is 5.75 Å². The van der Waals surface area contributed by atoms with Crippen LogP contribution >= 0.6 is 27.5 Å². The molecule has 10 heteroatoms. The van der Waals surface area contributed by atoms with E-state index in [1.165, 1.54) is 11.8 Å². The SMILES string of the molecule is COc1cccc2cc(C(=O)Nc3ccc(Br)cc3)n(NC(=O)C(=O)Nc3ccc(Cl)cc3)c12. The second-order valence-electron chi connectivity index (χ2n) is 7.13. The van der Waals surface area contributed by atoms with Crippen LogP contribution in [0.4, 0.5) is 11.4 Å². The molecule has 172 valence electrons. The molecule has 4 rings (SSSR count). The Morgan fingerprint density at radius 1 is 0.882 bits per heavy atom. The molecule has 0 aliphatic rings. The second kappa shape index (κ2) is 9.98. The summed E-state index contributed by atoms with van der Waals surface area (Å²) >= 11 is 9.21. The molecule has 3 aromatic carbocycles. The second-order valence-corrected chi connectivity index (χ2v) is 8.48. The molecule has 1 heterocycles. The summed E-state index contributed by atoms with van der Waals surface area (Å²) in [4.78, 5) is 38.4. The number of para-hydroxylation sites is 1. The van der Waals surface area contributed by atoms with Gasteiger partial charge in [0.15, 0.2) is 0 Å². The number of amides is 3. The molecule has 0 saturated carbocycles. The average Bonchev–Trinajstić information content (AvgIpc) is 3.20. The zero-order chi connectivity index (χ0) is 24.2. The Morgan fingerprint density at radius 2 is 1.53 bits per heavy atom. The van der Waals surface area contributed by atoms with Crippen LogP contribution in [-0.4, -0.2) is 29.5 Å². The van der Waals surface area contributed by atoms with Gasteiger partial charge >= 0.3 is 11.8 Å². The Balaban J connectivity index is 1.65. The number of methoxy groups -OCH3 is 1. The predicted molar refractivity (Wildman–Crippen MR) is 135 cm³/mol. The lowest BCUT2D eigenvalue weighted by Crippen LogP contribution is -2.36. The minimum absolute atomic E-state index is 0.107. The maximum atomic E-state index is 13.1. The molecule has 3 N–H and O–H groups in total. The molecule has 0 fully saturated rings. The Labute approximate surface area is 207 Å². The lowest BCUT2D eigenvalue weighted by molar-refractivity contribution is -0.133. The van der Waals surface area contributed by atoms with Gasteiger partial charge in [0.2, 0.25) is 0 Å². The number of carbonyl (C=O) groups is 3. The summed E-state index contributed by atoms with van der Waals surface area (Å²) in [5.41, 5.74) is 4.00. The number of halogens is 2. The summed E-state index contributed by atoms with van der Waals surface area (Å²) in [6.07, 6.45) is 0. The highest BCUT2D eigenvalue weighted by molar-refractivity contribution is 9.10. The number of nitrogens with one attached hydrogen (secondary N) is 3. The van der Waals surface area contributed by atoms with Crippen molar-refractivity contribution in [3.63, 3.8) is 0 Å². The van der Waals surface area contributed by atoms with Crippen LogP contribution in [-0.2, 0) is 9.59 Å². The van der Waals surface area contributed by atoms with Gasteiger partial charge in [-0.2, -0.15) is 0 Å². The van der Waals surface area contributed by atoms with Crippen LogP contribution in [0.1, 0.15) is 10.5 Å². The summed E-state index contributed by atoms with van der Waals surface area (Å²) < 4.78 is 7.53. The van der Waals surface area contributed by atoms with E-state index in [-0.39, 0.29) is 5.69 Å². The third kappa shape index (κ3) is 5.05. The number of ether oxygens (including phenoxy) is 1. The Kier molecular flexibility index (Phi) is 6.85. The van der Waals surface area contributed by atoms with Crippen LogP contribution in [0.3, 0.4) is 0 Å². The van der Waals surface area contributed by atoms with E-state index in [2.05, 4.69) is 32.0 Å². The molecule has 0 bridgehead atoms. The highest BCUT2D eigenvalue weighted by atomic mass is 79.9. The van der Waals surface area contributed by atoms with Crippen molar-refractivity contribution in [2.24, 2.45) is 0 Å². The zero-order valence-electron chi connectivity index (χ0n) is 17.8. The lowest BCUT2D eigenvalue weighted by Gasteiger charge is -2.14. The number of benzene rings is 3. The number of aromatic nitrogens is 1. The fourth-order valence-electron chi connectivity index (χ4n) is 3.28. The van der Waals surface area contributed by atoms with Gasteiger partial charge in [-0.05, 0) is 60.7 Å². The molecule has 34 heavy (non-hydrogen) atoms. The van der Waals surface area contributed by atoms with E-state index in [1.54, 1.807) is 72.8 Å².